The van der Waals surface area contributed by atoms with Gasteiger partial charge in [-0.15, -0.1) is 0 Å². The maximum absolute atomic E-state index is 13.2. The van der Waals surface area contributed by atoms with E-state index in [4.69, 9.17) is 24.2 Å². The predicted molar refractivity (Wildman–Crippen MR) is 124 cm³/mol. The minimum Gasteiger partial charge on any atom is -0.463 e. The maximum atomic E-state index is 13.2. The Kier molecular flexibility index (Phi) is 6.99. The van der Waals surface area contributed by atoms with Gasteiger partial charge in [0, 0.05) is 6.92 Å². The fraction of sp³-hybridized carbons (Fsp3) is 0.542. The van der Waals surface area contributed by atoms with E-state index in [0.717, 1.165) is 0 Å². The zero-order valence-corrected chi connectivity index (χ0v) is 20.7. The molecule has 0 fully saturated rings. The van der Waals surface area contributed by atoms with E-state index in [9.17, 15) is 14.4 Å². The Labute approximate surface area is 199 Å². The first-order valence-corrected chi connectivity index (χ1v) is 11.1. The summed E-state index contributed by atoms with van der Waals surface area (Å²) in [6.45, 7) is 11.7. The Balaban J connectivity index is 2.09. The van der Waals surface area contributed by atoms with Crippen LogP contribution in [0.15, 0.2) is 24.3 Å². The standard InChI is InChI=1S/C24H32N4O6/c1-14(29)32-13-18-20-19(25-15-10-8-9-11-16(15)26-20)17(27-21(30)33-23(2,3)4)12-28(18)22(31)34-24(5,6)7/h8-11,17-18H,12-13H2,1-7H3,(H,27,30)/t17-,18-/m1/s1. The first-order chi connectivity index (χ1) is 15.7. The molecule has 1 aliphatic heterocycles. The number of fused-ring (bicyclic) bond motifs is 2. The highest BCUT2D eigenvalue weighted by molar-refractivity contribution is 5.76. The molecule has 1 aromatic heterocycles. The highest BCUT2D eigenvalue weighted by Crippen LogP contribution is 2.35. The van der Waals surface area contributed by atoms with Gasteiger partial charge in [0.05, 0.1) is 35.0 Å². The third-order valence-corrected chi connectivity index (χ3v) is 4.79. The molecule has 184 valence electrons. The summed E-state index contributed by atoms with van der Waals surface area (Å²) < 4.78 is 16.3. The Hall–Kier alpha value is -3.43. The van der Waals surface area contributed by atoms with Crippen molar-refractivity contribution in [3.8, 4) is 0 Å². The molecule has 2 aromatic rings. The van der Waals surface area contributed by atoms with Crippen LogP contribution in [0.4, 0.5) is 9.59 Å². The molecule has 0 bridgehead atoms. The van der Waals surface area contributed by atoms with Gasteiger partial charge in [0.15, 0.2) is 0 Å². The molecule has 1 aliphatic rings. The van der Waals surface area contributed by atoms with Crippen LogP contribution in [-0.2, 0) is 19.0 Å². The second-order valence-electron chi connectivity index (χ2n) is 10.1. The highest BCUT2D eigenvalue weighted by atomic mass is 16.6. The zero-order chi connectivity index (χ0) is 25.3. The number of hydrogen-bond donors (Lipinski definition) is 1. The van der Waals surface area contributed by atoms with Crippen LogP contribution in [0.1, 0.15) is 71.9 Å². The van der Waals surface area contributed by atoms with Crippen LogP contribution in [0, 0.1) is 0 Å². The van der Waals surface area contributed by atoms with Crippen LogP contribution >= 0.6 is 0 Å². The van der Waals surface area contributed by atoms with Crippen LogP contribution < -0.4 is 5.32 Å². The molecule has 0 saturated heterocycles. The molecule has 10 nitrogen and oxygen atoms in total. The number of rotatable bonds is 3. The topological polar surface area (TPSA) is 120 Å². The van der Waals surface area contributed by atoms with Crippen molar-refractivity contribution >= 4 is 29.2 Å². The number of carbonyl (C=O) groups is 3. The fourth-order valence-corrected chi connectivity index (χ4v) is 3.54. The summed E-state index contributed by atoms with van der Waals surface area (Å²) in [5, 5.41) is 2.81. The lowest BCUT2D eigenvalue weighted by Crippen LogP contribution is -2.50. The molecule has 2 heterocycles. The fourth-order valence-electron chi connectivity index (χ4n) is 3.54. The minimum atomic E-state index is -0.757. The largest absolute Gasteiger partial charge is 0.463 e. The van der Waals surface area contributed by atoms with Crippen molar-refractivity contribution in [3.63, 3.8) is 0 Å². The minimum absolute atomic E-state index is 0.0279. The number of aromatic nitrogens is 2. The van der Waals surface area contributed by atoms with Gasteiger partial charge >= 0.3 is 18.2 Å². The number of amides is 2. The average Bonchev–Trinajstić information content (AvgIpc) is 2.68. The third kappa shape index (κ3) is 6.33. The van der Waals surface area contributed by atoms with Gasteiger partial charge in [-0.3, -0.25) is 9.69 Å². The van der Waals surface area contributed by atoms with Gasteiger partial charge in [-0.2, -0.15) is 0 Å². The lowest BCUT2D eigenvalue weighted by molar-refractivity contribution is -0.143. The van der Waals surface area contributed by atoms with E-state index in [1.165, 1.54) is 11.8 Å². The molecule has 34 heavy (non-hydrogen) atoms. The van der Waals surface area contributed by atoms with Crippen LogP contribution in [0.5, 0.6) is 0 Å². The van der Waals surface area contributed by atoms with E-state index in [1.54, 1.807) is 47.6 Å². The molecule has 0 aliphatic carbocycles. The third-order valence-electron chi connectivity index (χ3n) is 4.79. The van der Waals surface area contributed by atoms with Gasteiger partial charge in [0.25, 0.3) is 0 Å². The smallest absolute Gasteiger partial charge is 0.411 e. The second-order valence-corrected chi connectivity index (χ2v) is 10.1. The van der Waals surface area contributed by atoms with Gasteiger partial charge in [0.2, 0.25) is 0 Å². The van der Waals surface area contributed by atoms with E-state index in [2.05, 4.69) is 5.32 Å². The number of nitrogens with zero attached hydrogens (tertiary/aromatic N) is 3. The summed E-state index contributed by atoms with van der Waals surface area (Å²) in [5.74, 6) is -0.492. The van der Waals surface area contributed by atoms with Crippen LogP contribution in [0.25, 0.3) is 11.0 Å². The number of benzene rings is 1. The number of alkyl carbamates (subject to hydrolysis) is 1. The molecule has 3 rings (SSSR count). The molecule has 0 spiro atoms. The summed E-state index contributed by atoms with van der Waals surface area (Å²) in [5.41, 5.74) is 0.663. The number of para-hydroxylation sites is 2. The Morgan fingerprint density at radius 2 is 1.53 bits per heavy atom. The summed E-state index contributed by atoms with van der Waals surface area (Å²) >= 11 is 0. The molecule has 0 saturated carbocycles. The lowest BCUT2D eigenvalue weighted by atomic mass is 9.98. The number of nitrogens with one attached hydrogen (secondary N) is 1. The molecule has 1 N–H and O–H groups in total. The number of hydrogen-bond acceptors (Lipinski definition) is 8. The van der Waals surface area contributed by atoms with Crippen LogP contribution in [0.2, 0.25) is 0 Å². The second kappa shape index (κ2) is 9.44. The van der Waals surface area contributed by atoms with E-state index >= 15 is 0 Å². The first-order valence-electron chi connectivity index (χ1n) is 11.1. The predicted octanol–water partition coefficient (Wildman–Crippen LogP) is 4.05. The molecular weight excluding hydrogens is 440 g/mol. The molecule has 0 radical (unpaired) electrons. The van der Waals surface area contributed by atoms with E-state index in [1.807, 2.05) is 18.2 Å². The molecular formula is C24H32N4O6. The van der Waals surface area contributed by atoms with Crippen molar-refractivity contribution in [2.45, 2.75) is 71.8 Å². The van der Waals surface area contributed by atoms with Gasteiger partial charge in [-0.05, 0) is 53.7 Å². The number of carbonyl (C=O) groups excluding carboxylic acids is 3. The average molecular weight is 473 g/mol. The highest BCUT2D eigenvalue weighted by Gasteiger charge is 2.42. The van der Waals surface area contributed by atoms with Crippen LogP contribution in [-0.4, -0.2) is 57.4 Å². The monoisotopic (exact) mass is 472 g/mol. The van der Waals surface area contributed by atoms with Gasteiger partial charge in [-0.1, -0.05) is 12.1 Å². The summed E-state index contributed by atoms with van der Waals surface area (Å²) in [6, 6.07) is 5.81. The number of esters is 1. The molecule has 0 unspecified atom stereocenters. The molecule has 2 atom stereocenters. The van der Waals surface area contributed by atoms with Crippen molar-refractivity contribution < 1.29 is 28.6 Å². The molecule has 1 aromatic carbocycles. The lowest BCUT2D eigenvalue weighted by Gasteiger charge is -2.40. The summed E-state index contributed by atoms with van der Waals surface area (Å²) in [6.07, 6.45) is -1.28. The van der Waals surface area contributed by atoms with E-state index in [0.29, 0.717) is 22.4 Å². The summed E-state index contributed by atoms with van der Waals surface area (Å²) in [4.78, 5) is 48.3. The van der Waals surface area contributed by atoms with Crippen molar-refractivity contribution in [3.05, 3.63) is 35.7 Å². The quantitative estimate of drug-likeness (QED) is 0.525. The Morgan fingerprint density at radius 1 is 0.971 bits per heavy atom. The molecule has 2 amide bonds. The normalized spacial score (nSPS) is 18.1. The molecule has 10 heteroatoms. The van der Waals surface area contributed by atoms with Gasteiger partial charge < -0.3 is 19.5 Å². The van der Waals surface area contributed by atoms with E-state index in [-0.39, 0.29) is 13.2 Å². The van der Waals surface area contributed by atoms with Gasteiger partial charge in [0.1, 0.15) is 23.9 Å². The first kappa shape index (κ1) is 25.2. The summed E-state index contributed by atoms with van der Waals surface area (Å²) in [7, 11) is 0. The van der Waals surface area contributed by atoms with Crippen molar-refractivity contribution in [2.24, 2.45) is 0 Å². The Bertz CT molecular complexity index is 1090. The van der Waals surface area contributed by atoms with Crippen LogP contribution in [0.3, 0.4) is 0 Å². The van der Waals surface area contributed by atoms with E-state index < -0.39 is 41.4 Å². The van der Waals surface area contributed by atoms with Crippen molar-refractivity contribution in [1.82, 2.24) is 20.2 Å². The maximum Gasteiger partial charge on any atom is 0.411 e. The van der Waals surface area contributed by atoms with Crippen molar-refractivity contribution in [2.75, 3.05) is 13.2 Å². The zero-order valence-electron chi connectivity index (χ0n) is 20.7. The number of ether oxygens (including phenoxy) is 3. The van der Waals surface area contributed by atoms with Gasteiger partial charge in [-0.25, -0.2) is 19.6 Å². The Morgan fingerprint density at radius 3 is 2.06 bits per heavy atom. The SMILES string of the molecule is CC(=O)OC[C@@H]1c2nc3ccccc3nc2[C@H](NC(=O)OC(C)(C)C)CN1C(=O)OC(C)(C)C. The van der Waals surface area contributed by atoms with Crippen molar-refractivity contribution in [1.29, 1.82) is 0 Å².